The van der Waals surface area contributed by atoms with E-state index in [1.165, 1.54) is 0 Å². The summed E-state index contributed by atoms with van der Waals surface area (Å²) >= 11 is 0. The zero-order chi connectivity index (χ0) is 11.4. The summed E-state index contributed by atoms with van der Waals surface area (Å²) in [6.45, 7) is 2.56. The molecule has 0 bridgehead atoms. The van der Waals surface area contributed by atoms with Gasteiger partial charge in [0.15, 0.2) is 0 Å². The van der Waals surface area contributed by atoms with Crippen molar-refractivity contribution in [2.45, 2.75) is 44.7 Å². The fourth-order valence-corrected chi connectivity index (χ4v) is 2.05. The minimum absolute atomic E-state index is 0.440. The minimum Gasteiger partial charge on any atom is -0.480 e. The Hall–Kier alpha value is -1.10. The lowest BCUT2D eigenvalue weighted by molar-refractivity contribution is -0.146. The molecule has 1 rings (SSSR count). The van der Waals surface area contributed by atoms with Gasteiger partial charge in [0.25, 0.3) is 0 Å². The van der Waals surface area contributed by atoms with Crippen LogP contribution in [0.2, 0.25) is 0 Å². The number of rotatable bonds is 5. The van der Waals surface area contributed by atoms with E-state index in [9.17, 15) is 9.59 Å². The van der Waals surface area contributed by atoms with Gasteiger partial charge < -0.3 is 10.2 Å². The van der Waals surface area contributed by atoms with E-state index >= 15 is 0 Å². The summed E-state index contributed by atoms with van der Waals surface area (Å²) in [5.74, 6) is -1.82. The fourth-order valence-electron chi connectivity index (χ4n) is 2.05. The first-order chi connectivity index (χ1) is 7.07. The Labute approximate surface area is 88.7 Å². The highest BCUT2D eigenvalue weighted by Crippen LogP contribution is 2.25. The Morgan fingerprint density at radius 1 is 1.20 bits per heavy atom. The maximum absolute atomic E-state index is 10.9. The number of hydrogen-bond acceptors (Lipinski definition) is 3. The third-order valence-electron chi connectivity index (χ3n) is 2.85. The van der Waals surface area contributed by atoms with E-state index in [1.807, 2.05) is 6.92 Å². The molecular formula is C10H17NO4. The van der Waals surface area contributed by atoms with Crippen LogP contribution in [0.3, 0.4) is 0 Å². The van der Waals surface area contributed by atoms with Crippen molar-refractivity contribution in [2.75, 3.05) is 6.54 Å². The van der Waals surface area contributed by atoms with Gasteiger partial charge in [0.1, 0.15) is 12.1 Å². The van der Waals surface area contributed by atoms with Gasteiger partial charge in [-0.05, 0) is 25.8 Å². The van der Waals surface area contributed by atoms with Crippen LogP contribution in [0.4, 0.5) is 0 Å². The van der Waals surface area contributed by atoms with Crippen molar-refractivity contribution >= 4 is 11.9 Å². The molecule has 1 heterocycles. The van der Waals surface area contributed by atoms with E-state index in [1.54, 1.807) is 4.90 Å². The molecule has 0 aliphatic carbocycles. The van der Waals surface area contributed by atoms with Gasteiger partial charge in [-0.15, -0.1) is 0 Å². The van der Waals surface area contributed by atoms with E-state index < -0.39 is 24.0 Å². The van der Waals surface area contributed by atoms with Crippen LogP contribution < -0.4 is 0 Å². The molecule has 0 aromatic carbocycles. The van der Waals surface area contributed by atoms with Crippen LogP contribution in [-0.4, -0.2) is 45.7 Å². The van der Waals surface area contributed by atoms with Gasteiger partial charge in [-0.2, -0.15) is 0 Å². The molecule has 5 nitrogen and oxygen atoms in total. The molecule has 1 aliphatic rings. The number of nitrogens with zero attached hydrogens (tertiary/aromatic N) is 1. The summed E-state index contributed by atoms with van der Waals surface area (Å²) in [6, 6.07) is -1.23. The molecule has 86 valence electrons. The van der Waals surface area contributed by atoms with Gasteiger partial charge in [0, 0.05) is 0 Å². The Balaban J connectivity index is 2.68. The quantitative estimate of drug-likeness (QED) is 0.709. The highest BCUT2D eigenvalue weighted by Gasteiger charge is 2.40. The smallest absolute Gasteiger partial charge is 0.320 e. The molecule has 0 aromatic rings. The predicted octanol–water partition coefficient (Wildman–Crippen LogP) is 0.789. The first-order valence-corrected chi connectivity index (χ1v) is 5.29. The molecule has 0 radical (unpaired) electrons. The highest BCUT2D eigenvalue weighted by molar-refractivity contribution is 5.79. The lowest BCUT2D eigenvalue weighted by Gasteiger charge is -2.25. The molecule has 2 N–H and O–H groups in total. The number of carboxylic acids is 2. The molecule has 0 aromatic heterocycles. The zero-order valence-electron chi connectivity index (χ0n) is 8.85. The maximum atomic E-state index is 10.9. The van der Waals surface area contributed by atoms with Crippen molar-refractivity contribution < 1.29 is 19.8 Å². The first-order valence-electron chi connectivity index (χ1n) is 5.29. The summed E-state index contributed by atoms with van der Waals surface area (Å²) in [7, 11) is 0. The van der Waals surface area contributed by atoms with Gasteiger partial charge in [-0.3, -0.25) is 14.5 Å². The molecule has 1 fully saturated rings. The Bertz CT molecular complexity index is 232. The van der Waals surface area contributed by atoms with Crippen molar-refractivity contribution in [3.63, 3.8) is 0 Å². The van der Waals surface area contributed by atoms with Crippen LogP contribution in [0.15, 0.2) is 0 Å². The van der Waals surface area contributed by atoms with E-state index in [4.69, 9.17) is 10.2 Å². The number of aliphatic carboxylic acids is 2. The molecule has 0 spiro atoms. The van der Waals surface area contributed by atoms with Crippen LogP contribution in [0.5, 0.6) is 0 Å². The standard InChI is InChI=1S/C10H17NO4/c1-2-3-6-11-7(9(12)13)4-5-8(11)10(14)15/h7-8H,2-6H2,1H3,(H,12,13)(H,14,15)/t7-,8-/m0/s1. The summed E-state index contributed by atoms with van der Waals surface area (Å²) in [5, 5.41) is 17.9. The van der Waals surface area contributed by atoms with Gasteiger partial charge in [-0.1, -0.05) is 13.3 Å². The number of carboxylic acid groups (broad SMARTS) is 2. The van der Waals surface area contributed by atoms with Gasteiger partial charge in [-0.25, -0.2) is 0 Å². The summed E-state index contributed by atoms with van der Waals surface area (Å²) in [5.41, 5.74) is 0. The maximum Gasteiger partial charge on any atom is 0.320 e. The van der Waals surface area contributed by atoms with Gasteiger partial charge >= 0.3 is 11.9 Å². The van der Waals surface area contributed by atoms with Crippen molar-refractivity contribution in [3.05, 3.63) is 0 Å². The fraction of sp³-hybridized carbons (Fsp3) is 0.800. The van der Waals surface area contributed by atoms with E-state index in [2.05, 4.69) is 0 Å². The van der Waals surface area contributed by atoms with Crippen molar-refractivity contribution in [3.8, 4) is 0 Å². The molecule has 1 saturated heterocycles. The average molecular weight is 215 g/mol. The Morgan fingerprint density at radius 2 is 1.67 bits per heavy atom. The zero-order valence-corrected chi connectivity index (χ0v) is 8.85. The van der Waals surface area contributed by atoms with Crippen molar-refractivity contribution in [2.24, 2.45) is 0 Å². The third-order valence-corrected chi connectivity index (χ3v) is 2.85. The molecule has 15 heavy (non-hydrogen) atoms. The Kier molecular flexibility index (Phi) is 4.08. The first kappa shape index (κ1) is 12.0. The topological polar surface area (TPSA) is 77.8 Å². The summed E-state index contributed by atoms with van der Waals surface area (Å²) < 4.78 is 0. The monoisotopic (exact) mass is 215 g/mol. The average Bonchev–Trinajstić information content (AvgIpc) is 2.57. The lowest BCUT2D eigenvalue weighted by atomic mass is 10.2. The molecule has 5 heteroatoms. The number of likely N-dealkylation sites (tertiary alicyclic amines) is 1. The van der Waals surface area contributed by atoms with Crippen LogP contribution in [0.25, 0.3) is 0 Å². The summed E-state index contributed by atoms with van der Waals surface area (Å²) in [4.78, 5) is 23.4. The second-order valence-electron chi connectivity index (χ2n) is 3.88. The second-order valence-corrected chi connectivity index (χ2v) is 3.88. The number of hydrogen-bond donors (Lipinski definition) is 2. The largest absolute Gasteiger partial charge is 0.480 e. The van der Waals surface area contributed by atoms with Gasteiger partial charge in [0.2, 0.25) is 0 Å². The number of unbranched alkanes of at least 4 members (excludes halogenated alkanes) is 1. The molecule has 0 amide bonds. The Morgan fingerprint density at radius 3 is 2.00 bits per heavy atom. The SMILES string of the molecule is CCCCN1[C@H](C(=O)O)CC[C@H]1C(=O)O. The van der Waals surface area contributed by atoms with Crippen LogP contribution in [0.1, 0.15) is 32.6 Å². The van der Waals surface area contributed by atoms with Crippen LogP contribution >= 0.6 is 0 Å². The van der Waals surface area contributed by atoms with Crippen molar-refractivity contribution in [1.82, 2.24) is 4.90 Å². The molecule has 2 atom stereocenters. The highest BCUT2D eigenvalue weighted by atomic mass is 16.4. The summed E-state index contributed by atoms with van der Waals surface area (Å²) in [6.07, 6.45) is 2.66. The normalized spacial score (nSPS) is 26.7. The van der Waals surface area contributed by atoms with Crippen LogP contribution in [-0.2, 0) is 9.59 Å². The third kappa shape index (κ3) is 2.68. The molecule has 0 saturated carbocycles. The number of carbonyl (C=O) groups is 2. The molecular weight excluding hydrogens is 198 g/mol. The van der Waals surface area contributed by atoms with Crippen molar-refractivity contribution in [1.29, 1.82) is 0 Å². The second kappa shape index (κ2) is 5.11. The van der Waals surface area contributed by atoms with Gasteiger partial charge in [0.05, 0.1) is 0 Å². The lowest BCUT2D eigenvalue weighted by Crippen LogP contribution is -2.44. The van der Waals surface area contributed by atoms with E-state index in [0.29, 0.717) is 19.4 Å². The molecule has 0 unspecified atom stereocenters. The minimum atomic E-state index is -0.908. The van der Waals surface area contributed by atoms with E-state index in [0.717, 1.165) is 12.8 Å². The molecule has 1 aliphatic heterocycles. The van der Waals surface area contributed by atoms with Crippen LogP contribution in [0, 0.1) is 0 Å². The predicted molar refractivity (Wildman–Crippen MR) is 53.7 cm³/mol. The van der Waals surface area contributed by atoms with E-state index in [-0.39, 0.29) is 0 Å².